The van der Waals surface area contributed by atoms with Crippen molar-refractivity contribution in [1.29, 1.82) is 0 Å². The minimum atomic E-state index is -0.253. The van der Waals surface area contributed by atoms with Crippen molar-refractivity contribution < 1.29 is 14.3 Å². The van der Waals surface area contributed by atoms with E-state index in [1.165, 1.54) is 5.56 Å². The third kappa shape index (κ3) is 3.68. The zero-order valence-electron chi connectivity index (χ0n) is 18.3. The minimum Gasteiger partial charge on any atom is -0.447 e. The smallest absolute Gasteiger partial charge is 0.410 e. The van der Waals surface area contributed by atoms with Crippen LogP contribution in [0.3, 0.4) is 0 Å². The summed E-state index contributed by atoms with van der Waals surface area (Å²) in [4.78, 5) is 29.3. The van der Waals surface area contributed by atoms with Gasteiger partial charge in [0.1, 0.15) is 6.61 Å². The molecule has 2 aliphatic heterocycles. The number of nitrogens with zero attached hydrogens (tertiary/aromatic N) is 6. The van der Waals surface area contributed by atoms with Gasteiger partial charge in [0.25, 0.3) is 5.91 Å². The second kappa shape index (κ2) is 8.22. The predicted octanol–water partition coefficient (Wildman–Crippen LogP) is 2.41. The van der Waals surface area contributed by atoms with Crippen LogP contribution in [0.5, 0.6) is 0 Å². The van der Waals surface area contributed by atoms with Crippen molar-refractivity contribution in [3.8, 4) is 0 Å². The first-order valence-corrected chi connectivity index (χ1v) is 11.0. The highest BCUT2D eigenvalue weighted by Gasteiger charge is 2.40. The van der Waals surface area contributed by atoms with E-state index in [1.54, 1.807) is 9.42 Å². The van der Waals surface area contributed by atoms with Gasteiger partial charge in [0.15, 0.2) is 11.3 Å². The van der Waals surface area contributed by atoms with Crippen molar-refractivity contribution >= 4 is 17.6 Å². The molecule has 0 bridgehead atoms. The van der Waals surface area contributed by atoms with Crippen LogP contribution in [-0.2, 0) is 11.2 Å². The first-order chi connectivity index (χ1) is 15.5. The molecule has 0 spiro atoms. The number of aromatic nitrogens is 4. The van der Waals surface area contributed by atoms with E-state index < -0.39 is 0 Å². The number of carbonyl (C=O) groups excluding carboxylic acids is 2. The SMILES string of the molecule is Cc1cc2nnc(C(=O)N3CCC(N4C(=O)OC[C@H]4Cc4ccccc4)CC3)c(C)n2n1. The molecule has 4 heterocycles. The van der Waals surface area contributed by atoms with Crippen molar-refractivity contribution in [3.63, 3.8) is 0 Å². The average molecular weight is 435 g/mol. The molecule has 166 valence electrons. The molecule has 2 aliphatic rings. The first-order valence-electron chi connectivity index (χ1n) is 11.0. The highest BCUT2D eigenvalue weighted by atomic mass is 16.6. The Bertz CT molecular complexity index is 1150. The molecule has 0 saturated carbocycles. The Morgan fingerprint density at radius 1 is 1.12 bits per heavy atom. The molecule has 2 amide bonds. The fourth-order valence-electron chi connectivity index (χ4n) is 4.73. The molecule has 3 aromatic rings. The van der Waals surface area contributed by atoms with E-state index in [-0.39, 0.29) is 24.1 Å². The van der Waals surface area contributed by atoms with Crippen molar-refractivity contribution in [2.75, 3.05) is 19.7 Å². The van der Waals surface area contributed by atoms with Gasteiger partial charge in [0.2, 0.25) is 0 Å². The minimum absolute atomic E-state index is 0.0238. The second-order valence-electron chi connectivity index (χ2n) is 8.54. The number of amides is 2. The van der Waals surface area contributed by atoms with Crippen LogP contribution < -0.4 is 0 Å². The maximum absolute atomic E-state index is 13.1. The van der Waals surface area contributed by atoms with Gasteiger partial charge in [-0.05, 0) is 38.7 Å². The lowest BCUT2D eigenvalue weighted by Crippen LogP contribution is -2.50. The number of likely N-dealkylation sites (tertiary alicyclic amines) is 1. The average Bonchev–Trinajstić information content (AvgIpc) is 3.36. The summed E-state index contributed by atoms with van der Waals surface area (Å²) in [5.74, 6) is -0.145. The van der Waals surface area contributed by atoms with Crippen LogP contribution in [0.2, 0.25) is 0 Å². The highest BCUT2D eigenvalue weighted by molar-refractivity contribution is 5.93. The van der Waals surface area contributed by atoms with Crippen LogP contribution in [0.4, 0.5) is 4.79 Å². The number of rotatable bonds is 4. The van der Waals surface area contributed by atoms with E-state index >= 15 is 0 Å². The van der Waals surface area contributed by atoms with Crippen LogP contribution in [0, 0.1) is 13.8 Å². The number of carbonyl (C=O) groups is 2. The highest BCUT2D eigenvalue weighted by Crippen LogP contribution is 2.26. The van der Waals surface area contributed by atoms with Crippen molar-refractivity contribution in [2.24, 2.45) is 0 Å². The summed E-state index contributed by atoms with van der Waals surface area (Å²) in [6.45, 7) is 5.24. The maximum atomic E-state index is 13.1. The topological polar surface area (TPSA) is 92.9 Å². The van der Waals surface area contributed by atoms with E-state index in [4.69, 9.17) is 4.74 Å². The van der Waals surface area contributed by atoms with Crippen LogP contribution in [0.15, 0.2) is 36.4 Å². The molecule has 0 radical (unpaired) electrons. The number of aryl methyl sites for hydroxylation is 2. The van der Waals surface area contributed by atoms with E-state index in [0.29, 0.717) is 49.6 Å². The third-order valence-electron chi connectivity index (χ3n) is 6.39. The Balaban J connectivity index is 1.27. The van der Waals surface area contributed by atoms with Gasteiger partial charge in [-0.25, -0.2) is 9.31 Å². The van der Waals surface area contributed by atoms with E-state index in [2.05, 4.69) is 27.4 Å². The summed E-state index contributed by atoms with van der Waals surface area (Å²) in [5, 5.41) is 12.7. The quantitative estimate of drug-likeness (QED) is 0.626. The number of cyclic esters (lactones) is 1. The standard InChI is InChI=1S/C23H26N6O3/c1-15-12-20-24-25-21(16(2)29(20)26-15)22(30)27-10-8-18(9-11-27)28-19(14-32-23(28)31)13-17-6-4-3-5-7-17/h3-7,12,18-19H,8-11,13-14H2,1-2H3/t19-/m1/s1. The summed E-state index contributed by atoms with van der Waals surface area (Å²) in [6, 6.07) is 12.1. The maximum Gasteiger partial charge on any atom is 0.410 e. The Hall–Kier alpha value is -3.49. The van der Waals surface area contributed by atoms with Crippen LogP contribution in [0.25, 0.3) is 5.65 Å². The van der Waals surface area contributed by atoms with Gasteiger partial charge in [-0.1, -0.05) is 30.3 Å². The number of piperidine rings is 1. The van der Waals surface area contributed by atoms with E-state index in [1.807, 2.05) is 43.0 Å². The Kier molecular flexibility index (Phi) is 5.24. The van der Waals surface area contributed by atoms with Crippen molar-refractivity contribution in [2.45, 2.75) is 45.2 Å². The lowest BCUT2D eigenvalue weighted by Gasteiger charge is -2.37. The van der Waals surface area contributed by atoms with Crippen LogP contribution in [0.1, 0.15) is 40.3 Å². The largest absolute Gasteiger partial charge is 0.447 e. The molecule has 0 unspecified atom stereocenters. The monoisotopic (exact) mass is 434 g/mol. The fourth-order valence-corrected chi connectivity index (χ4v) is 4.73. The van der Waals surface area contributed by atoms with Gasteiger partial charge in [-0.2, -0.15) is 5.10 Å². The summed E-state index contributed by atoms with van der Waals surface area (Å²) in [7, 11) is 0. The number of benzene rings is 1. The molecule has 0 N–H and O–H groups in total. The summed E-state index contributed by atoms with van der Waals surface area (Å²) in [5.41, 5.74) is 3.65. The van der Waals surface area contributed by atoms with Crippen LogP contribution >= 0.6 is 0 Å². The van der Waals surface area contributed by atoms with Gasteiger partial charge in [0.05, 0.1) is 17.4 Å². The van der Waals surface area contributed by atoms with Crippen molar-refractivity contribution in [3.05, 3.63) is 59.0 Å². The van der Waals surface area contributed by atoms with Gasteiger partial charge < -0.3 is 9.64 Å². The number of hydrogen-bond donors (Lipinski definition) is 0. The molecular formula is C23H26N6O3. The fraction of sp³-hybridized carbons (Fsp3) is 0.435. The predicted molar refractivity (Wildman–Crippen MR) is 116 cm³/mol. The molecule has 9 nitrogen and oxygen atoms in total. The van der Waals surface area contributed by atoms with Gasteiger partial charge in [-0.3, -0.25) is 9.69 Å². The van der Waals surface area contributed by atoms with E-state index in [9.17, 15) is 9.59 Å². The molecule has 2 saturated heterocycles. The van der Waals surface area contributed by atoms with Gasteiger partial charge in [0, 0.05) is 25.2 Å². The zero-order valence-corrected chi connectivity index (χ0v) is 18.3. The summed E-state index contributed by atoms with van der Waals surface area (Å²) in [6.07, 6.45) is 1.93. The number of fused-ring (bicyclic) bond motifs is 1. The second-order valence-corrected chi connectivity index (χ2v) is 8.54. The lowest BCUT2D eigenvalue weighted by molar-refractivity contribution is 0.0628. The Labute approximate surface area is 186 Å². The zero-order chi connectivity index (χ0) is 22.2. The molecule has 0 aliphatic carbocycles. The molecular weight excluding hydrogens is 408 g/mol. The molecule has 9 heteroatoms. The summed E-state index contributed by atoms with van der Waals surface area (Å²) >= 11 is 0. The molecule has 32 heavy (non-hydrogen) atoms. The normalized spacial score (nSPS) is 19.6. The van der Waals surface area contributed by atoms with Crippen LogP contribution in [-0.4, -0.2) is 73.4 Å². The van der Waals surface area contributed by atoms with E-state index in [0.717, 1.165) is 12.1 Å². The van der Waals surface area contributed by atoms with Gasteiger partial charge in [-0.15, -0.1) is 10.2 Å². The molecule has 1 atom stereocenters. The van der Waals surface area contributed by atoms with Gasteiger partial charge >= 0.3 is 6.09 Å². The third-order valence-corrected chi connectivity index (χ3v) is 6.39. The summed E-state index contributed by atoms with van der Waals surface area (Å²) < 4.78 is 7.05. The first kappa shape index (κ1) is 20.4. The molecule has 2 aromatic heterocycles. The Morgan fingerprint density at radius 2 is 1.88 bits per heavy atom. The molecule has 2 fully saturated rings. The van der Waals surface area contributed by atoms with Crippen molar-refractivity contribution in [1.82, 2.24) is 29.6 Å². The number of ether oxygens (including phenoxy) is 1. The number of hydrogen-bond acceptors (Lipinski definition) is 6. The lowest BCUT2D eigenvalue weighted by atomic mass is 9.99. The molecule has 1 aromatic carbocycles. The Morgan fingerprint density at radius 3 is 2.62 bits per heavy atom. The molecule has 5 rings (SSSR count).